The third-order valence-electron chi connectivity index (χ3n) is 2.33. The average molecular weight is 227 g/mol. The Morgan fingerprint density at radius 1 is 1.29 bits per heavy atom. The lowest BCUT2D eigenvalue weighted by atomic mass is 10.2. The number of aryl methyl sites for hydroxylation is 1. The third-order valence-corrected chi connectivity index (χ3v) is 2.33. The number of rotatable bonds is 2. The van der Waals surface area contributed by atoms with Crippen molar-refractivity contribution in [2.24, 2.45) is 0 Å². The van der Waals surface area contributed by atoms with Crippen LogP contribution in [0, 0.1) is 24.1 Å². The number of halogens is 1. The summed E-state index contributed by atoms with van der Waals surface area (Å²) in [5, 5.41) is 11.7. The maximum absolute atomic E-state index is 13.3. The summed E-state index contributed by atoms with van der Waals surface area (Å²) >= 11 is 0. The van der Waals surface area contributed by atoms with Gasteiger partial charge in [0, 0.05) is 11.9 Å². The smallest absolute Gasteiger partial charge is 0.131 e. The van der Waals surface area contributed by atoms with Crippen LogP contribution in [-0.2, 0) is 0 Å². The molecule has 0 atom stereocenters. The van der Waals surface area contributed by atoms with Crippen molar-refractivity contribution in [2.75, 3.05) is 5.32 Å². The molecule has 17 heavy (non-hydrogen) atoms. The molecule has 0 radical (unpaired) electrons. The van der Waals surface area contributed by atoms with Gasteiger partial charge in [0.05, 0.1) is 11.6 Å². The molecule has 0 saturated carbocycles. The maximum atomic E-state index is 13.3. The van der Waals surface area contributed by atoms with Crippen molar-refractivity contribution in [3.05, 3.63) is 53.5 Å². The van der Waals surface area contributed by atoms with E-state index < -0.39 is 0 Å². The highest BCUT2D eigenvalue weighted by Crippen LogP contribution is 2.18. The number of aromatic nitrogens is 1. The Balaban J connectivity index is 2.25. The van der Waals surface area contributed by atoms with Gasteiger partial charge in [-0.3, -0.25) is 0 Å². The van der Waals surface area contributed by atoms with Crippen molar-refractivity contribution in [1.29, 1.82) is 5.26 Å². The molecule has 1 N–H and O–H groups in total. The maximum Gasteiger partial charge on any atom is 0.131 e. The zero-order chi connectivity index (χ0) is 12.3. The van der Waals surface area contributed by atoms with Crippen LogP contribution in [0.2, 0.25) is 0 Å². The van der Waals surface area contributed by atoms with Crippen molar-refractivity contribution >= 4 is 11.5 Å². The predicted molar refractivity (Wildman–Crippen MR) is 63.4 cm³/mol. The molecule has 0 aliphatic heterocycles. The molecule has 2 aromatic rings. The summed E-state index contributed by atoms with van der Waals surface area (Å²) in [4.78, 5) is 4.05. The normalized spacial score (nSPS) is 9.71. The van der Waals surface area contributed by atoms with E-state index in [1.807, 2.05) is 6.07 Å². The first-order valence-electron chi connectivity index (χ1n) is 5.08. The van der Waals surface area contributed by atoms with E-state index in [0.717, 1.165) is 0 Å². The van der Waals surface area contributed by atoms with Gasteiger partial charge in [-0.05, 0) is 36.8 Å². The molecule has 0 unspecified atom stereocenters. The van der Waals surface area contributed by atoms with Crippen molar-refractivity contribution in [2.45, 2.75) is 6.92 Å². The van der Waals surface area contributed by atoms with Crippen molar-refractivity contribution in [3.63, 3.8) is 0 Å². The Hall–Kier alpha value is -2.41. The summed E-state index contributed by atoms with van der Waals surface area (Å²) in [5.74, 6) is 0.249. The summed E-state index contributed by atoms with van der Waals surface area (Å²) in [7, 11) is 0. The molecule has 2 rings (SSSR count). The molecule has 1 aromatic carbocycles. The highest BCUT2D eigenvalue weighted by Gasteiger charge is 2.01. The summed E-state index contributed by atoms with van der Waals surface area (Å²) in [6.45, 7) is 1.70. The highest BCUT2D eigenvalue weighted by atomic mass is 19.1. The number of nitriles is 1. The van der Waals surface area contributed by atoms with Crippen LogP contribution in [0.3, 0.4) is 0 Å². The first-order chi connectivity index (χ1) is 8.19. The minimum absolute atomic E-state index is 0.272. The number of benzene rings is 1. The molecule has 0 amide bonds. The van der Waals surface area contributed by atoms with E-state index in [-0.39, 0.29) is 5.82 Å². The van der Waals surface area contributed by atoms with Crippen LogP contribution in [0.5, 0.6) is 0 Å². The van der Waals surface area contributed by atoms with Crippen LogP contribution in [0.15, 0.2) is 36.5 Å². The monoisotopic (exact) mass is 227 g/mol. The molecule has 1 heterocycles. The molecule has 0 aliphatic carbocycles. The number of hydrogen-bond acceptors (Lipinski definition) is 3. The number of hydrogen-bond donors (Lipinski definition) is 1. The quantitative estimate of drug-likeness (QED) is 0.857. The summed E-state index contributed by atoms with van der Waals surface area (Å²) in [6, 6.07) is 10.1. The van der Waals surface area contributed by atoms with Gasteiger partial charge in [-0.15, -0.1) is 0 Å². The number of pyridine rings is 1. The molecule has 0 aliphatic rings. The minimum atomic E-state index is -0.272. The molecule has 0 fully saturated rings. The van der Waals surface area contributed by atoms with E-state index in [9.17, 15) is 4.39 Å². The molecule has 84 valence electrons. The largest absolute Gasteiger partial charge is 0.340 e. The van der Waals surface area contributed by atoms with Crippen LogP contribution in [0.25, 0.3) is 0 Å². The predicted octanol–water partition coefficient (Wildman–Crippen LogP) is 3.14. The second-order valence-electron chi connectivity index (χ2n) is 3.63. The zero-order valence-corrected chi connectivity index (χ0v) is 9.24. The van der Waals surface area contributed by atoms with E-state index in [4.69, 9.17) is 5.26 Å². The SMILES string of the molecule is Cc1ccc(Nc2cc(C#N)ccn2)cc1F. The number of nitrogens with one attached hydrogen (secondary N) is 1. The molecular weight excluding hydrogens is 217 g/mol. The van der Waals surface area contributed by atoms with Gasteiger partial charge in [0.15, 0.2) is 0 Å². The van der Waals surface area contributed by atoms with Crippen LogP contribution >= 0.6 is 0 Å². The van der Waals surface area contributed by atoms with Gasteiger partial charge in [-0.1, -0.05) is 6.07 Å². The minimum Gasteiger partial charge on any atom is -0.340 e. The summed E-state index contributed by atoms with van der Waals surface area (Å²) in [5.41, 5.74) is 1.71. The van der Waals surface area contributed by atoms with Gasteiger partial charge < -0.3 is 5.32 Å². The molecule has 1 aromatic heterocycles. The van der Waals surface area contributed by atoms with Crippen LogP contribution in [0.1, 0.15) is 11.1 Å². The van der Waals surface area contributed by atoms with Crippen molar-refractivity contribution in [3.8, 4) is 6.07 Å². The van der Waals surface area contributed by atoms with Crippen LogP contribution < -0.4 is 5.32 Å². The topological polar surface area (TPSA) is 48.7 Å². The second kappa shape index (κ2) is 4.62. The Morgan fingerprint density at radius 2 is 2.12 bits per heavy atom. The second-order valence-corrected chi connectivity index (χ2v) is 3.63. The van der Waals surface area contributed by atoms with Gasteiger partial charge in [0.1, 0.15) is 11.6 Å². The number of nitrogens with zero attached hydrogens (tertiary/aromatic N) is 2. The average Bonchev–Trinajstić information content (AvgIpc) is 2.34. The Morgan fingerprint density at radius 3 is 2.82 bits per heavy atom. The van der Waals surface area contributed by atoms with Gasteiger partial charge >= 0.3 is 0 Å². The first kappa shape index (κ1) is 11.1. The first-order valence-corrected chi connectivity index (χ1v) is 5.08. The van der Waals surface area contributed by atoms with E-state index in [0.29, 0.717) is 22.6 Å². The van der Waals surface area contributed by atoms with E-state index in [2.05, 4.69) is 10.3 Å². The van der Waals surface area contributed by atoms with E-state index in [1.54, 1.807) is 31.2 Å². The van der Waals surface area contributed by atoms with Gasteiger partial charge in [0.25, 0.3) is 0 Å². The molecule has 3 nitrogen and oxygen atoms in total. The molecule has 0 spiro atoms. The van der Waals surface area contributed by atoms with Crippen LogP contribution in [0.4, 0.5) is 15.9 Å². The lowest BCUT2D eigenvalue weighted by Gasteiger charge is -2.06. The molecular formula is C13H10FN3. The van der Waals surface area contributed by atoms with Gasteiger partial charge in [0.2, 0.25) is 0 Å². The Kier molecular flexibility index (Phi) is 3.01. The fraction of sp³-hybridized carbons (Fsp3) is 0.0769. The summed E-state index contributed by atoms with van der Waals surface area (Å²) < 4.78 is 13.3. The lowest BCUT2D eigenvalue weighted by molar-refractivity contribution is 0.619. The standard InChI is InChI=1S/C13H10FN3/c1-9-2-3-11(7-12(9)14)17-13-6-10(8-15)4-5-16-13/h2-7H,1H3,(H,16,17). The van der Waals surface area contributed by atoms with E-state index in [1.165, 1.54) is 12.3 Å². The third kappa shape index (κ3) is 2.58. The van der Waals surface area contributed by atoms with Crippen molar-refractivity contribution in [1.82, 2.24) is 4.98 Å². The summed E-state index contributed by atoms with van der Waals surface area (Å²) in [6.07, 6.45) is 1.53. The van der Waals surface area contributed by atoms with Gasteiger partial charge in [-0.2, -0.15) is 5.26 Å². The van der Waals surface area contributed by atoms with E-state index >= 15 is 0 Å². The fourth-order valence-electron chi connectivity index (χ4n) is 1.39. The molecule has 4 heteroatoms. The highest BCUT2D eigenvalue weighted by molar-refractivity contribution is 5.58. The molecule has 0 bridgehead atoms. The van der Waals surface area contributed by atoms with Gasteiger partial charge in [-0.25, -0.2) is 9.37 Å². The van der Waals surface area contributed by atoms with Crippen LogP contribution in [-0.4, -0.2) is 4.98 Å². The Bertz CT molecular complexity index is 587. The fourth-order valence-corrected chi connectivity index (χ4v) is 1.39. The number of anilines is 2. The lowest BCUT2D eigenvalue weighted by Crippen LogP contribution is -1.95. The van der Waals surface area contributed by atoms with Crippen molar-refractivity contribution < 1.29 is 4.39 Å². The zero-order valence-electron chi connectivity index (χ0n) is 9.24. The Labute approximate surface area is 98.5 Å². The molecule has 0 saturated heterocycles.